The molecule has 1 aromatic heterocycles. The number of nitriles is 1. The van der Waals surface area contributed by atoms with Crippen LogP contribution >= 0.6 is 0 Å². The molecule has 0 aliphatic heterocycles. The van der Waals surface area contributed by atoms with Crippen LogP contribution in [0.15, 0.2) is 60.7 Å². The van der Waals surface area contributed by atoms with Gasteiger partial charge in [-0.3, -0.25) is 0 Å². The van der Waals surface area contributed by atoms with Crippen molar-refractivity contribution < 1.29 is 13.5 Å². The highest BCUT2D eigenvalue weighted by Crippen LogP contribution is 2.32. The van der Waals surface area contributed by atoms with Crippen molar-refractivity contribution >= 4 is 33.5 Å². The van der Waals surface area contributed by atoms with Crippen LogP contribution in [0, 0.1) is 11.3 Å². The standard InChI is InChI=1S/C21H13F2N3O/c22-21(23)27-19-10-9-13-5-1-2-6-15(13)16(19)11-14(12-24)20-25-17-7-3-4-8-18(17)26-20/h1-11,21H,(H,25,26)/b14-11-. The minimum absolute atomic E-state index is 0.00700. The third kappa shape index (κ3) is 3.23. The molecule has 6 heteroatoms. The number of hydrogen-bond donors (Lipinski definition) is 1. The highest BCUT2D eigenvalue weighted by atomic mass is 19.3. The number of para-hydroxylation sites is 2. The summed E-state index contributed by atoms with van der Waals surface area (Å²) in [6, 6.07) is 20.0. The SMILES string of the molecule is N#C/C(=C/c1c(OC(F)F)ccc2ccccc12)c1nc2ccccc2[nH]1. The summed E-state index contributed by atoms with van der Waals surface area (Å²) in [5.74, 6) is 0.377. The molecule has 4 rings (SSSR count). The summed E-state index contributed by atoms with van der Waals surface area (Å²) in [6.45, 7) is -2.96. The van der Waals surface area contributed by atoms with Gasteiger partial charge in [0.25, 0.3) is 0 Å². The number of aromatic nitrogens is 2. The molecule has 0 amide bonds. The van der Waals surface area contributed by atoms with Gasteiger partial charge in [0.2, 0.25) is 0 Å². The average molecular weight is 361 g/mol. The Kier molecular flexibility index (Phi) is 4.27. The normalized spacial score (nSPS) is 11.9. The topological polar surface area (TPSA) is 61.7 Å². The molecule has 0 unspecified atom stereocenters. The van der Waals surface area contributed by atoms with E-state index in [-0.39, 0.29) is 11.3 Å². The van der Waals surface area contributed by atoms with Crippen molar-refractivity contribution in [2.45, 2.75) is 6.61 Å². The maximum absolute atomic E-state index is 12.9. The number of rotatable bonds is 4. The molecule has 0 aliphatic rings. The van der Waals surface area contributed by atoms with E-state index in [1.165, 1.54) is 12.1 Å². The molecule has 1 N–H and O–H groups in total. The van der Waals surface area contributed by atoms with Crippen LogP contribution in [0.2, 0.25) is 0 Å². The van der Waals surface area contributed by atoms with Crippen LogP contribution in [-0.4, -0.2) is 16.6 Å². The first-order valence-electron chi connectivity index (χ1n) is 8.19. The Labute approximate surface area is 153 Å². The Balaban J connectivity index is 1.92. The molecule has 0 aliphatic carbocycles. The number of allylic oxidation sites excluding steroid dienone is 1. The zero-order valence-electron chi connectivity index (χ0n) is 14.0. The molecule has 132 valence electrons. The molecular weight excluding hydrogens is 348 g/mol. The largest absolute Gasteiger partial charge is 0.434 e. The van der Waals surface area contributed by atoms with Gasteiger partial charge < -0.3 is 9.72 Å². The second-order valence-electron chi connectivity index (χ2n) is 5.85. The van der Waals surface area contributed by atoms with Gasteiger partial charge in [-0.2, -0.15) is 14.0 Å². The third-order valence-corrected chi connectivity index (χ3v) is 4.20. The Morgan fingerprint density at radius 3 is 2.63 bits per heavy atom. The minimum Gasteiger partial charge on any atom is -0.434 e. The van der Waals surface area contributed by atoms with Crippen LogP contribution in [-0.2, 0) is 0 Å². The van der Waals surface area contributed by atoms with Gasteiger partial charge in [0.15, 0.2) is 0 Å². The van der Waals surface area contributed by atoms with Crippen molar-refractivity contribution in [3.63, 3.8) is 0 Å². The number of ether oxygens (including phenoxy) is 1. The zero-order valence-corrected chi connectivity index (χ0v) is 14.0. The third-order valence-electron chi connectivity index (χ3n) is 4.20. The minimum atomic E-state index is -2.96. The number of nitrogens with one attached hydrogen (secondary N) is 1. The van der Waals surface area contributed by atoms with Gasteiger partial charge in [-0.25, -0.2) is 4.98 Å². The molecule has 0 radical (unpaired) electrons. The first kappa shape index (κ1) is 16.7. The lowest BCUT2D eigenvalue weighted by Crippen LogP contribution is -2.03. The fourth-order valence-electron chi connectivity index (χ4n) is 3.00. The highest BCUT2D eigenvalue weighted by Gasteiger charge is 2.14. The number of alkyl halides is 2. The van der Waals surface area contributed by atoms with Gasteiger partial charge in [-0.1, -0.05) is 42.5 Å². The van der Waals surface area contributed by atoms with Crippen molar-refractivity contribution in [2.75, 3.05) is 0 Å². The molecule has 0 spiro atoms. The summed E-state index contributed by atoms with van der Waals surface area (Å²) in [6.07, 6.45) is 1.53. The number of H-pyrrole nitrogens is 1. The maximum Gasteiger partial charge on any atom is 0.387 e. The Hall–Kier alpha value is -3.72. The molecule has 0 atom stereocenters. The van der Waals surface area contributed by atoms with E-state index in [2.05, 4.69) is 20.8 Å². The predicted molar refractivity (Wildman–Crippen MR) is 100 cm³/mol. The second-order valence-corrected chi connectivity index (χ2v) is 5.85. The molecule has 1 heterocycles. The van der Waals surface area contributed by atoms with E-state index in [0.717, 1.165) is 16.4 Å². The van der Waals surface area contributed by atoms with Crippen LogP contribution in [0.25, 0.3) is 33.5 Å². The van der Waals surface area contributed by atoms with E-state index >= 15 is 0 Å². The molecule has 0 saturated carbocycles. The van der Waals surface area contributed by atoms with Gasteiger partial charge in [0.1, 0.15) is 17.6 Å². The fraction of sp³-hybridized carbons (Fsp3) is 0.0476. The number of benzene rings is 3. The number of imidazole rings is 1. The first-order chi connectivity index (χ1) is 13.2. The molecular formula is C21H13F2N3O. The number of hydrogen-bond acceptors (Lipinski definition) is 3. The van der Waals surface area contributed by atoms with Gasteiger partial charge in [-0.15, -0.1) is 0 Å². The number of halogens is 2. The van der Waals surface area contributed by atoms with Crippen LogP contribution < -0.4 is 4.74 Å². The van der Waals surface area contributed by atoms with E-state index in [1.54, 1.807) is 18.2 Å². The van der Waals surface area contributed by atoms with Crippen LogP contribution in [0.3, 0.4) is 0 Å². The quantitative estimate of drug-likeness (QED) is 0.496. The first-order valence-corrected chi connectivity index (χ1v) is 8.19. The van der Waals surface area contributed by atoms with Crippen LogP contribution in [0.4, 0.5) is 8.78 Å². The Morgan fingerprint density at radius 1 is 1.07 bits per heavy atom. The Morgan fingerprint density at radius 2 is 1.85 bits per heavy atom. The maximum atomic E-state index is 12.9. The van der Waals surface area contributed by atoms with E-state index in [4.69, 9.17) is 0 Å². The lowest BCUT2D eigenvalue weighted by Gasteiger charge is -2.11. The summed E-state index contributed by atoms with van der Waals surface area (Å²) in [7, 11) is 0. The van der Waals surface area contributed by atoms with Crippen molar-refractivity contribution in [3.05, 3.63) is 72.1 Å². The summed E-state index contributed by atoms with van der Waals surface area (Å²) < 4.78 is 30.4. The van der Waals surface area contributed by atoms with Crippen molar-refractivity contribution in [1.29, 1.82) is 5.26 Å². The van der Waals surface area contributed by atoms with Gasteiger partial charge in [0.05, 0.1) is 16.6 Å². The monoisotopic (exact) mass is 361 g/mol. The van der Waals surface area contributed by atoms with E-state index in [0.29, 0.717) is 16.8 Å². The van der Waals surface area contributed by atoms with Gasteiger partial charge in [0, 0.05) is 5.56 Å². The smallest absolute Gasteiger partial charge is 0.387 e. The molecule has 4 aromatic rings. The predicted octanol–water partition coefficient (Wildman–Crippen LogP) is 5.38. The molecule has 27 heavy (non-hydrogen) atoms. The van der Waals surface area contributed by atoms with Crippen molar-refractivity contribution in [3.8, 4) is 11.8 Å². The summed E-state index contributed by atoms with van der Waals surface area (Å²) in [4.78, 5) is 7.50. The average Bonchev–Trinajstić information content (AvgIpc) is 3.10. The Bertz CT molecular complexity index is 1170. The number of aromatic amines is 1. The number of fused-ring (bicyclic) bond motifs is 2. The zero-order chi connectivity index (χ0) is 18.8. The number of nitrogens with zero attached hydrogens (tertiary/aromatic N) is 2. The second kappa shape index (κ2) is 6.89. The summed E-state index contributed by atoms with van der Waals surface area (Å²) in [5, 5.41) is 11.2. The molecule has 3 aromatic carbocycles. The lowest BCUT2D eigenvalue weighted by atomic mass is 10.0. The molecule has 0 bridgehead atoms. The van der Waals surface area contributed by atoms with E-state index < -0.39 is 6.61 Å². The fourth-order valence-corrected chi connectivity index (χ4v) is 3.00. The van der Waals surface area contributed by atoms with Crippen LogP contribution in [0.5, 0.6) is 5.75 Å². The van der Waals surface area contributed by atoms with Crippen LogP contribution in [0.1, 0.15) is 11.4 Å². The van der Waals surface area contributed by atoms with Gasteiger partial charge in [-0.05, 0) is 35.0 Å². The van der Waals surface area contributed by atoms with Crippen molar-refractivity contribution in [1.82, 2.24) is 9.97 Å². The van der Waals surface area contributed by atoms with E-state index in [1.807, 2.05) is 36.4 Å². The van der Waals surface area contributed by atoms with Gasteiger partial charge >= 0.3 is 6.61 Å². The highest BCUT2D eigenvalue weighted by molar-refractivity contribution is 6.00. The lowest BCUT2D eigenvalue weighted by molar-refractivity contribution is -0.0498. The van der Waals surface area contributed by atoms with E-state index in [9.17, 15) is 14.0 Å². The summed E-state index contributed by atoms with van der Waals surface area (Å²) >= 11 is 0. The van der Waals surface area contributed by atoms with Crippen molar-refractivity contribution in [2.24, 2.45) is 0 Å². The summed E-state index contributed by atoms with van der Waals surface area (Å²) in [5.41, 5.74) is 2.14. The molecule has 4 nitrogen and oxygen atoms in total. The molecule has 0 fully saturated rings. The molecule has 0 saturated heterocycles.